The normalized spacial score (nSPS) is 16.7. The van der Waals surface area contributed by atoms with E-state index in [9.17, 15) is 14.7 Å². The van der Waals surface area contributed by atoms with Crippen LogP contribution in [0.4, 0.5) is 11.4 Å². The summed E-state index contributed by atoms with van der Waals surface area (Å²) in [4.78, 5) is 30.2. The number of amides is 1. The summed E-state index contributed by atoms with van der Waals surface area (Å²) in [5, 5.41) is 11.9. The summed E-state index contributed by atoms with van der Waals surface area (Å²) in [5.41, 5.74) is 2.03. The molecule has 1 unspecified atom stereocenters. The van der Waals surface area contributed by atoms with Crippen molar-refractivity contribution in [2.24, 2.45) is 0 Å². The fraction of sp³-hybridized carbons (Fsp3) is 0.214. The molecule has 3 aromatic carbocycles. The molecule has 0 aliphatic carbocycles. The van der Waals surface area contributed by atoms with Gasteiger partial charge in [0.2, 0.25) is 0 Å². The van der Waals surface area contributed by atoms with E-state index in [1.807, 2.05) is 38.1 Å². The van der Waals surface area contributed by atoms with Crippen LogP contribution in [0, 0.1) is 0 Å². The molecule has 1 atom stereocenters. The highest BCUT2D eigenvalue weighted by molar-refractivity contribution is 6.52. The molecule has 0 aromatic heterocycles. The number of ketones is 1. The van der Waals surface area contributed by atoms with Crippen LogP contribution in [-0.2, 0) is 9.59 Å². The Balaban J connectivity index is 1.95. The highest BCUT2D eigenvalue weighted by atomic mass is 35.5. The van der Waals surface area contributed by atoms with Crippen LogP contribution in [0.3, 0.4) is 0 Å². The van der Waals surface area contributed by atoms with Gasteiger partial charge in [-0.2, -0.15) is 0 Å². The summed E-state index contributed by atoms with van der Waals surface area (Å²) in [6.07, 6.45) is 0. The van der Waals surface area contributed by atoms with Gasteiger partial charge >= 0.3 is 0 Å². The Labute approximate surface area is 225 Å². The lowest BCUT2D eigenvalue weighted by Crippen LogP contribution is -2.29. The monoisotopic (exact) mass is 540 g/mol. The molecule has 9 heteroatoms. The number of Topliss-reactive ketones (excluding diaryl/α,β-unsaturated/α-hetero) is 1. The van der Waals surface area contributed by atoms with Crippen molar-refractivity contribution < 1.29 is 24.2 Å². The minimum absolute atomic E-state index is 0.108. The molecule has 37 heavy (non-hydrogen) atoms. The zero-order valence-corrected chi connectivity index (χ0v) is 22.3. The topological polar surface area (TPSA) is 79.3 Å². The van der Waals surface area contributed by atoms with Crippen LogP contribution >= 0.6 is 23.2 Å². The van der Waals surface area contributed by atoms with Crippen molar-refractivity contribution in [1.82, 2.24) is 0 Å². The third kappa shape index (κ3) is 4.97. The largest absolute Gasteiger partial charge is 0.507 e. The second-order valence-electron chi connectivity index (χ2n) is 8.55. The fourth-order valence-electron chi connectivity index (χ4n) is 4.33. The van der Waals surface area contributed by atoms with Gasteiger partial charge in [0.15, 0.2) is 0 Å². The molecule has 3 aromatic rings. The van der Waals surface area contributed by atoms with Gasteiger partial charge in [-0.15, -0.1) is 0 Å². The Kier molecular flexibility index (Phi) is 7.66. The molecule has 1 amide bonds. The van der Waals surface area contributed by atoms with Gasteiger partial charge in [0.05, 0.1) is 35.9 Å². The van der Waals surface area contributed by atoms with E-state index in [4.69, 9.17) is 32.7 Å². The second-order valence-corrected chi connectivity index (χ2v) is 9.39. The van der Waals surface area contributed by atoms with E-state index in [0.29, 0.717) is 23.6 Å². The quantitative estimate of drug-likeness (QED) is 0.222. The summed E-state index contributed by atoms with van der Waals surface area (Å²) < 4.78 is 10.9. The van der Waals surface area contributed by atoms with Gasteiger partial charge in [0.1, 0.15) is 17.3 Å². The third-order valence-corrected chi connectivity index (χ3v) is 6.56. The number of hydrogen-bond donors (Lipinski definition) is 1. The minimum atomic E-state index is -0.927. The number of halogens is 2. The number of carbonyl (C=O) groups excluding carboxylic acids is 2. The molecule has 1 aliphatic heterocycles. The van der Waals surface area contributed by atoms with E-state index in [1.165, 1.54) is 24.1 Å². The number of nitrogens with zero attached hydrogens (tertiary/aromatic N) is 2. The summed E-state index contributed by atoms with van der Waals surface area (Å²) in [7, 11) is 5.20. The molecule has 1 heterocycles. The summed E-state index contributed by atoms with van der Waals surface area (Å²) in [6.45, 7) is 2.37. The molecule has 0 bridgehead atoms. The average Bonchev–Trinajstić information content (AvgIpc) is 3.14. The van der Waals surface area contributed by atoms with E-state index in [1.54, 1.807) is 36.4 Å². The molecule has 0 spiro atoms. The highest BCUT2D eigenvalue weighted by Gasteiger charge is 2.47. The Morgan fingerprint density at radius 2 is 1.68 bits per heavy atom. The number of aliphatic hydroxyl groups is 1. The van der Waals surface area contributed by atoms with E-state index < -0.39 is 23.5 Å². The lowest BCUT2D eigenvalue weighted by molar-refractivity contribution is -0.132. The van der Waals surface area contributed by atoms with Crippen molar-refractivity contribution in [3.63, 3.8) is 0 Å². The van der Waals surface area contributed by atoms with Crippen molar-refractivity contribution in [1.29, 1.82) is 0 Å². The average molecular weight is 541 g/mol. The number of anilines is 2. The minimum Gasteiger partial charge on any atom is -0.507 e. The van der Waals surface area contributed by atoms with Gasteiger partial charge in [0, 0.05) is 30.5 Å². The number of hydrogen-bond acceptors (Lipinski definition) is 6. The lowest BCUT2D eigenvalue weighted by Gasteiger charge is -2.26. The Morgan fingerprint density at radius 3 is 2.24 bits per heavy atom. The molecule has 1 saturated heterocycles. The maximum atomic E-state index is 13.5. The summed E-state index contributed by atoms with van der Waals surface area (Å²) in [5.74, 6) is -1.28. The van der Waals surface area contributed by atoms with Gasteiger partial charge < -0.3 is 19.5 Å². The van der Waals surface area contributed by atoms with Gasteiger partial charge in [-0.1, -0.05) is 35.3 Å². The van der Waals surface area contributed by atoms with Crippen LogP contribution in [0.25, 0.3) is 5.76 Å². The summed E-state index contributed by atoms with van der Waals surface area (Å²) in [6, 6.07) is 16.2. The SMILES string of the molecule is CCOc1ccc(C2/C(=C(\O)c3cc(Cl)cc(Cl)c3OC)C(=O)C(=O)N2c2ccc(N(C)C)cc2)cc1. The van der Waals surface area contributed by atoms with Crippen molar-refractivity contribution in [3.05, 3.63) is 87.4 Å². The number of carbonyl (C=O) groups is 2. The van der Waals surface area contributed by atoms with E-state index in [-0.39, 0.29) is 26.9 Å². The Hall–Kier alpha value is -3.68. The van der Waals surface area contributed by atoms with Crippen molar-refractivity contribution in [3.8, 4) is 11.5 Å². The first kappa shape index (κ1) is 26.4. The first-order valence-electron chi connectivity index (χ1n) is 11.5. The number of ether oxygens (including phenoxy) is 2. The van der Waals surface area contributed by atoms with Gasteiger partial charge in [-0.25, -0.2) is 0 Å². The van der Waals surface area contributed by atoms with Crippen LogP contribution in [-0.4, -0.2) is 44.6 Å². The van der Waals surface area contributed by atoms with E-state index >= 15 is 0 Å². The van der Waals surface area contributed by atoms with Crippen LogP contribution < -0.4 is 19.3 Å². The number of rotatable bonds is 7. The molecule has 1 fully saturated rings. The van der Waals surface area contributed by atoms with E-state index in [0.717, 1.165) is 5.69 Å². The van der Waals surface area contributed by atoms with Crippen molar-refractivity contribution in [2.45, 2.75) is 13.0 Å². The maximum absolute atomic E-state index is 13.5. The molecular weight excluding hydrogens is 515 g/mol. The van der Waals surface area contributed by atoms with Crippen LogP contribution in [0.15, 0.2) is 66.2 Å². The first-order chi connectivity index (χ1) is 17.7. The molecule has 7 nitrogen and oxygen atoms in total. The van der Waals surface area contributed by atoms with Crippen molar-refractivity contribution >= 4 is 52.0 Å². The highest BCUT2D eigenvalue weighted by Crippen LogP contribution is 2.45. The predicted octanol–water partition coefficient (Wildman–Crippen LogP) is 6.09. The first-order valence-corrected chi connectivity index (χ1v) is 12.3. The van der Waals surface area contributed by atoms with Gasteiger partial charge in [-0.05, 0) is 61.0 Å². The van der Waals surface area contributed by atoms with Gasteiger partial charge in [0.25, 0.3) is 11.7 Å². The Morgan fingerprint density at radius 1 is 1.03 bits per heavy atom. The van der Waals surface area contributed by atoms with E-state index in [2.05, 4.69) is 0 Å². The summed E-state index contributed by atoms with van der Waals surface area (Å²) >= 11 is 12.5. The standard InChI is InChI=1S/C28H26Cl2N2O5/c1-5-37-20-12-6-16(7-13-20)24-23(25(33)21-14-17(29)15-22(30)27(21)36-4)26(34)28(35)32(24)19-10-8-18(9-11-19)31(2)3/h6-15,24,33H,5H2,1-4H3/b25-23+. The molecule has 1 N–H and O–H groups in total. The Bertz CT molecular complexity index is 1370. The van der Waals surface area contributed by atoms with Crippen LogP contribution in [0.1, 0.15) is 24.1 Å². The molecule has 0 saturated carbocycles. The number of methoxy groups -OCH3 is 1. The predicted molar refractivity (Wildman–Crippen MR) is 146 cm³/mol. The molecular formula is C28H26Cl2N2O5. The third-order valence-electron chi connectivity index (χ3n) is 6.06. The maximum Gasteiger partial charge on any atom is 0.300 e. The molecule has 192 valence electrons. The zero-order valence-electron chi connectivity index (χ0n) is 20.8. The van der Waals surface area contributed by atoms with Crippen LogP contribution in [0.5, 0.6) is 11.5 Å². The lowest BCUT2D eigenvalue weighted by atomic mass is 9.94. The van der Waals surface area contributed by atoms with Gasteiger partial charge in [-0.3, -0.25) is 14.5 Å². The van der Waals surface area contributed by atoms with Crippen LogP contribution in [0.2, 0.25) is 10.0 Å². The van der Waals surface area contributed by atoms with Crippen molar-refractivity contribution in [2.75, 3.05) is 37.6 Å². The molecule has 1 aliphatic rings. The zero-order chi connectivity index (χ0) is 26.9. The number of aliphatic hydroxyl groups excluding tert-OH is 1. The second kappa shape index (κ2) is 10.7. The molecule has 0 radical (unpaired) electrons. The fourth-order valence-corrected chi connectivity index (χ4v) is 4.90. The smallest absolute Gasteiger partial charge is 0.300 e. The number of benzene rings is 3. The molecule has 4 rings (SSSR count).